The highest BCUT2D eigenvalue weighted by Crippen LogP contribution is 2.44. The number of piperidine rings is 3. The number of carbonyl (C=O) groups is 1. The lowest BCUT2D eigenvalue weighted by Gasteiger charge is -2.52. The van der Waals surface area contributed by atoms with Crippen molar-refractivity contribution in [2.75, 3.05) is 32.8 Å². The highest BCUT2D eigenvalue weighted by atomic mass is 32.1. The van der Waals surface area contributed by atoms with Gasteiger partial charge in [-0.15, -0.1) is 11.3 Å². The summed E-state index contributed by atoms with van der Waals surface area (Å²) in [6.45, 7) is 4.93. The number of hydrogen-bond acceptors (Lipinski definition) is 5. The van der Waals surface area contributed by atoms with Gasteiger partial charge in [-0.05, 0) is 36.4 Å². The van der Waals surface area contributed by atoms with Gasteiger partial charge in [-0.3, -0.25) is 0 Å². The van der Waals surface area contributed by atoms with Crippen LogP contribution in [-0.2, 0) is 15.1 Å². The summed E-state index contributed by atoms with van der Waals surface area (Å²) in [6.07, 6.45) is 7.00. The first kappa shape index (κ1) is 22.9. The van der Waals surface area contributed by atoms with Gasteiger partial charge in [0.1, 0.15) is 12.3 Å². The molecular weight excluding hydrogens is 434 g/mol. The van der Waals surface area contributed by atoms with Gasteiger partial charge in [0.15, 0.2) is 11.7 Å². The molecule has 6 heteroatoms. The summed E-state index contributed by atoms with van der Waals surface area (Å²) in [6, 6.07) is 13.8. The molecule has 3 aliphatic heterocycles. The number of quaternary nitrogens is 1. The number of rotatable bonds is 9. The Kier molecular flexibility index (Phi) is 6.77. The van der Waals surface area contributed by atoms with Crippen LogP contribution in [0.15, 0.2) is 47.8 Å². The molecule has 1 saturated carbocycles. The topological polar surface area (TPSA) is 55.8 Å². The maximum atomic E-state index is 13.5. The maximum absolute atomic E-state index is 13.5. The lowest BCUT2D eigenvalue weighted by molar-refractivity contribution is -0.946. The molecule has 0 radical (unpaired) electrons. The van der Waals surface area contributed by atoms with E-state index in [9.17, 15) is 9.90 Å². The molecule has 4 heterocycles. The molecule has 4 fully saturated rings. The molecule has 2 bridgehead atoms. The maximum Gasteiger partial charge on any atom is 0.344 e. The Morgan fingerprint density at radius 3 is 2.52 bits per heavy atom. The van der Waals surface area contributed by atoms with Crippen LogP contribution in [0.2, 0.25) is 0 Å². The van der Waals surface area contributed by atoms with Gasteiger partial charge in [0, 0.05) is 36.0 Å². The molecule has 4 aliphatic rings. The first-order chi connectivity index (χ1) is 16.1. The summed E-state index contributed by atoms with van der Waals surface area (Å²) >= 11 is 1.46. The van der Waals surface area contributed by atoms with Crippen molar-refractivity contribution in [3.8, 4) is 5.75 Å². The summed E-state index contributed by atoms with van der Waals surface area (Å²) in [4.78, 5) is 14.3. The van der Waals surface area contributed by atoms with Crippen LogP contribution in [0.5, 0.6) is 5.75 Å². The van der Waals surface area contributed by atoms with Crippen molar-refractivity contribution in [2.24, 2.45) is 11.8 Å². The first-order valence-corrected chi connectivity index (χ1v) is 13.5. The first-order valence-electron chi connectivity index (χ1n) is 12.6. The summed E-state index contributed by atoms with van der Waals surface area (Å²) in [5.74, 6) is 0.885. The monoisotopic (exact) mass is 470 g/mol. The molecule has 1 aliphatic carbocycles. The Hall–Kier alpha value is -1.89. The number of hydrogen-bond donors (Lipinski definition) is 1. The van der Waals surface area contributed by atoms with E-state index < -0.39 is 11.6 Å². The zero-order valence-electron chi connectivity index (χ0n) is 19.4. The summed E-state index contributed by atoms with van der Waals surface area (Å²) in [5, 5.41) is 13.6. The zero-order valence-corrected chi connectivity index (χ0v) is 20.2. The van der Waals surface area contributed by atoms with E-state index in [1.807, 2.05) is 47.8 Å². The predicted octanol–water partition coefficient (Wildman–Crippen LogP) is 4.75. The van der Waals surface area contributed by atoms with E-state index in [1.54, 1.807) is 0 Å². The van der Waals surface area contributed by atoms with Crippen LogP contribution in [-0.4, -0.2) is 54.4 Å². The molecule has 178 valence electrons. The molecule has 6 rings (SSSR count). The molecule has 3 saturated heterocycles. The van der Waals surface area contributed by atoms with Crippen molar-refractivity contribution >= 4 is 17.3 Å². The molecule has 5 nitrogen and oxygen atoms in total. The van der Waals surface area contributed by atoms with Crippen LogP contribution in [0.3, 0.4) is 0 Å². The van der Waals surface area contributed by atoms with Gasteiger partial charge in [-0.2, -0.15) is 0 Å². The Labute approximate surface area is 200 Å². The minimum absolute atomic E-state index is 0.0389. The Balaban J connectivity index is 1.22. The minimum atomic E-state index is -1.49. The highest BCUT2D eigenvalue weighted by Gasteiger charge is 2.53. The van der Waals surface area contributed by atoms with Gasteiger partial charge in [-0.1, -0.05) is 37.1 Å². The van der Waals surface area contributed by atoms with E-state index in [0.29, 0.717) is 12.5 Å². The molecule has 1 aromatic carbocycles. The number of aliphatic hydroxyl groups is 1. The third-order valence-corrected chi connectivity index (χ3v) is 9.24. The van der Waals surface area contributed by atoms with Gasteiger partial charge in [0.05, 0.1) is 26.2 Å². The number of para-hydroxylation sites is 1. The van der Waals surface area contributed by atoms with Gasteiger partial charge in [-0.25, -0.2) is 4.79 Å². The molecule has 2 atom stereocenters. The molecule has 0 spiro atoms. The van der Waals surface area contributed by atoms with Crippen LogP contribution in [0.1, 0.15) is 49.8 Å². The lowest BCUT2D eigenvalue weighted by Crippen LogP contribution is -2.65. The molecular formula is C27H36NO4S+. The van der Waals surface area contributed by atoms with Crippen molar-refractivity contribution in [3.63, 3.8) is 0 Å². The van der Waals surface area contributed by atoms with E-state index in [0.717, 1.165) is 86.2 Å². The number of carbonyl (C=O) groups excluding carboxylic acids is 1. The molecule has 1 aromatic heterocycles. The fraction of sp³-hybridized carbons (Fsp3) is 0.593. The third-order valence-electron chi connectivity index (χ3n) is 8.24. The molecule has 33 heavy (non-hydrogen) atoms. The van der Waals surface area contributed by atoms with E-state index in [4.69, 9.17) is 9.47 Å². The normalized spacial score (nSPS) is 29.0. The second-order valence-electron chi connectivity index (χ2n) is 10.2. The van der Waals surface area contributed by atoms with Gasteiger partial charge in [0.25, 0.3) is 0 Å². The molecule has 0 unspecified atom stereocenters. The van der Waals surface area contributed by atoms with E-state index in [-0.39, 0.29) is 12.0 Å². The number of thiophene rings is 1. The Morgan fingerprint density at radius 1 is 1.06 bits per heavy atom. The SMILES string of the molecule is O=C(O[C@H]1C[N+]2(CCCOc3ccccc3)CCC1CC2)[C@@](O)(c1cccs1)C1CCCC1. The average Bonchev–Trinajstić information content (AvgIpc) is 3.58. The number of ether oxygens (including phenoxy) is 2. The van der Waals surface area contributed by atoms with Crippen LogP contribution < -0.4 is 4.74 Å². The van der Waals surface area contributed by atoms with Crippen molar-refractivity contribution in [1.29, 1.82) is 0 Å². The predicted molar refractivity (Wildman–Crippen MR) is 129 cm³/mol. The largest absolute Gasteiger partial charge is 0.493 e. The summed E-state index contributed by atoms with van der Waals surface area (Å²) in [7, 11) is 0. The molecule has 2 aromatic rings. The van der Waals surface area contributed by atoms with E-state index in [1.165, 1.54) is 11.3 Å². The van der Waals surface area contributed by atoms with Gasteiger partial charge < -0.3 is 19.1 Å². The zero-order chi connectivity index (χ0) is 22.7. The number of esters is 1. The average molecular weight is 471 g/mol. The van der Waals surface area contributed by atoms with Gasteiger partial charge in [0.2, 0.25) is 0 Å². The van der Waals surface area contributed by atoms with Crippen molar-refractivity contribution in [1.82, 2.24) is 0 Å². The van der Waals surface area contributed by atoms with Crippen molar-refractivity contribution in [3.05, 3.63) is 52.7 Å². The van der Waals surface area contributed by atoms with Crippen LogP contribution in [0.25, 0.3) is 0 Å². The second kappa shape index (κ2) is 9.77. The lowest BCUT2D eigenvalue weighted by atomic mass is 9.82. The molecule has 1 N–H and O–H groups in total. The van der Waals surface area contributed by atoms with Crippen molar-refractivity contribution < 1.29 is 23.9 Å². The van der Waals surface area contributed by atoms with Crippen LogP contribution in [0, 0.1) is 11.8 Å². The van der Waals surface area contributed by atoms with E-state index in [2.05, 4.69) is 0 Å². The minimum Gasteiger partial charge on any atom is -0.493 e. The van der Waals surface area contributed by atoms with E-state index >= 15 is 0 Å². The second-order valence-corrected chi connectivity index (χ2v) is 11.2. The Morgan fingerprint density at radius 2 is 1.82 bits per heavy atom. The number of fused-ring (bicyclic) bond motifs is 3. The third kappa shape index (κ3) is 4.71. The standard InChI is InChI=1S/C27H36NO4S/c29-26(27(30,22-8-4-5-9-22)25-12-6-19-33-25)32-24-20-28(16-13-21(24)14-17-28)15-7-18-31-23-10-2-1-3-11-23/h1-3,6,10-12,19,21-22,24,30H,4-5,7-9,13-18,20H2/q+1/t21?,24-,27-,28?/m0/s1. The quantitative estimate of drug-likeness (QED) is 0.327. The summed E-state index contributed by atoms with van der Waals surface area (Å²) < 4.78 is 13.1. The van der Waals surface area contributed by atoms with Crippen molar-refractivity contribution in [2.45, 2.75) is 56.7 Å². The van der Waals surface area contributed by atoms with Crippen LogP contribution >= 0.6 is 11.3 Å². The van der Waals surface area contributed by atoms with Gasteiger partial charge >= 0.3 is 5.97 Å². The fourth-order valence-corrected chi connectivity index (χ4v) is 7.20. The fourth-order valence-electron chi connectivity index (χ4n) is 6.31. The number of benzene rings is 1. The highest BCUT2D eigenvalue weighted by molar-refractivity contribution is 7.10. The Bertz CT molecular complexity index is 903. The summed E-state index contributed by atoms with van der Waals surface area (Å²) in [5.41, 5.74) is -1.49. The van der Waals surface area contributed by atoms with Crippen LogP contribution in [0.4, 0.5) is 0 Å². The smallest absolute Gasteiger partial charge is 0.344 e. The number of nitrogens with zero attached hydrogens (tertiary/aromatic N) is 1. The molecule has 0 amide bonds.